The van der Waals surface area contributed by atoms with Crippen LogP contribution in [0.2, 0.25) is 0 Å². The minimum atomic E-state index is -4.21. The molecule has 0 fully saturated rings. The van der Waals surface area contributed by atoms with Crippen molar-refractivity contribution in [3.8, 4) is 0 Å². The van der Waals surface area contributed by atoms with Crippen LogP contribution in [0.5, 0.6) is 0 Å². The van der Waals surface area contributed by atoms with Crippen molar-refractivity contribution in [1.82, 2.24) is 0 Å². The Labute approximate surface area is 121 Å². The van der Waals surface area contributed by atoms with Gasteiger partial charge in [0.05, 0.1) is 12.3 Å². The van der Waals surface area contributed by atoms with E-state index in [4.69, 9.17) is 0 Å². The molecule has 2 rings (SSSR count). The van der Waals surface area contributed by atoms with Gasteiger partial charge in [-0.15, -0.1) is 0 Å². The second-order valence-electron chi connectivity index (χ2n) is 4.50. The summed E-state index contributed by atoms with van der Waals surface area (Å²) in [6, 6.07) is 6.94. The number of benzene rings is 2. The highest BCUT2D eigenvalue weighted by Crippen LogP contribution is 2.23. The minimum absolute atomic E-state index is 0.145. The molecule has 0 aliphatic heterocycles. The molecular weight excluding hydrogens is 300 g/mol. The fraction of sp³-hybridized carbons (Fsp3) is 0.143. The van der Waals surface area contributed by atoms with Crippen molar-refractivity contribution in [2.45, 2.75) is 18.4 Å². The Morgan fingerprint density at radius 2 is 1.86 bits per heavy atom. The molecule has 0 aliphatic carbocycles. The van der Waals surface area contributed by atoms with Crippen molar-refractivity contribution in [1.29, 1.82) is 0 Å². The molecule has 0 saturated heterocycles. The zero-order chi connectivity index (χ0) is 15.6. The predicted molar refractivity (Wildman–Crippen MR) is 74.3 cm³/mol. The zero-order valence-electron chi connectivity index (χ0n) is 11.1. The Balaban J connectivity index is 2.42. The first kappa shape index (κ1) is 15.4. The molecule has 2 N–H and O–H groups in total. The molecule has 0 amide bonds. The van der Waals surface area contributed by atoms with Crippen LogP contribution in [0.4, 0.5) is 14.5 Å². The largest absolute Gasteiger partial charge is 0.392 e. The molecule has 0 heterocycles. The van der Waals surface area contributed by atoms with Crippen molar-refractivity contribution >= 4 is 15.7 Å². The van der Waals surface area contributed by atoms with Gasteiger partial charge in [-0.05, 0) is 25.1 Å². The second kappa shape index (κ2) is 5.79. The van der Waals surface area contributed by atoms with Crippen molar-refractivity contribution in [2.75, 3.05) is 4.72 Å². The summed E-state index contributed by atoms with van der Waals surface area (Å²) in [7, 11) is -4.21. The number of nitrogens with one attached hydrogen (secondary N) is 1. The van der Waals surface area contributed by atoms with Crippen LogP contribution in [0.15, 0.2) is 41.3 Å². The number of halogens is 2. The van der Waals surface area contributed by atoms with E-state index in [2.05, 4.69) is 4.72 Å². The molecular formula is C14H13F2NO3S. The molecule has 0 aromatic heterocycles. The van der Waals surface area contributed by atoms with E-state index in [-0.39, 0.29) is 12.3 Å². The number of sulfonamides is 1. The summed E-state index contributed by atoms with van der Waals surface area (Å²) in [5, 5.41) is 9.24. The number of aryl methyl sites for hydroxylation is 1. The van der Waals surface area contributed by atoms with Gasteiger partial charge in [-0.3, -0.25) is 4.72 Å². The lowest BCUT2D eigenvalue weighted by Crippen LogP contribution is -2.16. The Morgan fingerprint density at radius 3 is 2.48 bits per heavy atom. The second-order valence-corrected chi connectivity index (χ2v) is 6.15. The lowest BCUT2D eigenvalue weighted by atomic mass is 10.1. The summed E-state index contributed by atoms with van der Waals surface area (Å²) in [5.74, 6) is -2.04. The van der Waals surface area contributed by atoms with Crippen LogP contribution in [0.3, 0.4) is 0 Å². The lowest BCUT2D eigenvalue weighted by molar-refractivity contribution is 0.282. The molecule has 2 aromatic carbocycles. The molecule has 0 unspecified atom stereocenters. The Hall–Kier alpha value is -1.99. The van der Waals surface area contributed by atoms with Gasteiger partial charge >= 0.3 is 0 Å². The molecule has 7 heteroatoms. The molecule has 0 atom stereocenters. The standard InChI is InChI=1S/C14H13F2NO3S/c1-9-2-4-13(10(6-9)8-18)17-21(19,20)14-5-3-11(15)7-12(14)16/h2-7,17-18H,8H2,1H3. The van der Waals surface area contributed by atoms with Crippen LogP contribution in [0, 0.1) is 18.6 Å². The van der Waals surface area contributed by atoms with E-state index in [1.165, 1.54) is 6.07 Å². The topological polar surface area (TPSA) is 66.4 Å². The van der Waals surface area contributed by atoms with E-state index < -0.39 is 26.6 Å². The molecule has 0 bridgehead atoms. The zero-order valence-corrected chi connectivity index (χ0v) is 11.9. The van der Waals surface area contributed by atoms with E-state index >= 15 is 0 Å². The van der Waals surface area contributed by atoms with Crippen LogP contribution in [0.1, 0.15) is 11.1 Å². The third-order valence-corrected chi connectivity index (χ3v) is 4.26. The Bertz CT molecular complexity index is 776. The summed E-state index contributed by atoms with van der Waals surface area (Å²) in [6.07, 6.45) is 0. The molecule has 112 valence electrons. The van der Waals surface area contributed by atoms with E-state index in [1.54, 1.807) is 19.1 Å². The van der Waals surface area contributed by atoms with Crippen LogP contribution in [-0.2, 0) is 16.6 Å². The van der Waals surface area contributed by atoms with Crippen molar-refractivity contribution in [2.24, 2.45) is 0 Å². The highest BCUT2D eigenvalue weighted by Gasteiger charge is 2.20. The molecule has 2 aromatic rings. The van der Waals surface area contributed by atoms with Gasteiger partial charge in [0.1, 0.15) is 16.5 Å². The molecule has 0 saturated carbocycles. The highest BCUT2D eigenvalue weighted by atomic mass is 32.2. The summed E-state index contributed by atoms with van der Waals surface area (Å²) >= 11 is 0. The average molecular weight is 313 g/mol. The molecule has 0 spiro atoms. The monoisotopic (exact) mass is 313 g/mol. The SMILES string of the molecule is Cc1ccc(NS(=O)(=O)c2ccc(F)cc2F)c(CO)c1. The number of aliphatic hydroxyl groups excluding tert-OH is 1. The van der Waals surface area contributed by atoms with Crippen LogP contribution >= 0.6 is 0 Å². The Kier molecular flexibility index (Phi) is 4.24. The van der Waals surface area contributed by atoms with E-state index in [9.17, 15) is 22.3 Å². The minimum Gasteiger partial charge on any atom is -0.392 e. The van der Waals surface area contributed by atoms with E-state index in [1.807, 2.05) is 0 Å². The normalized spacial score (nSPS) is 11.4. The lowest BCUT2D eigenvalue weighted by Gasteiger charge is -2.12. The average Bonchev–Trinajstić information content (AvgIpc) is 2.40. The summed E-state index contributed by atoms with van der Waals surface area (Å²) in [6.45, 7) is 1.42. The maximum atomic E-state index is 13.6. The van der Waals surface area contributed by atoms with Crippen LogP contribution < -0.4 is 4.72 Å². The fourth-order valence-corrected chi connectivity index (χ4v) is 3.01. The quantitative estimate of drug-likeness (QED) is 0.911. The third-order valence-electron chi connectivity index (χ3n) is 2.86. The van der Waals surface area contributed by atoms with Crippen molar-refractivity contribution in [3.63, 3.8) is 0 Å². The van der Waals surface area contributed by atoms with Gasteiger partial charge in [-0.1, -0.05) is 17.7 Å². The highest BCUT2D eigenvalue weighted by molar-refractivity contribution is 7.92. The number of aliphatic hydroxyl groups is 1. The maximum absolute atomic E-state index is 13.6. The van der Waals surface area contributed by atoms with Gasteiger partial charge in [0, 0.05) is 11.6 Å². The van der Waals surface area contributed by atoms with Crippen molar-refractivity contribution in [3.05, 3.63) is 59.2 Å². The van der Waals surface area contributed by atoms with Gasteiger partial charge in [0.25, 0.3) is 10.0 Å². The molecule has 4 nitrogen and oxygen atoms in total. The van der Waals surface area contributed by atoms with E-state index in [0.717, 1.165) is 17.7 Å². The van der Waals surface area contributed by atoms with Crippen LogP contribution in [-0.4, -0.2) is 13.5 Å². The smallest absolute Gasteiger partial charge is 0.264 e. The van der Waals surface area contributed by atoms with Gasteiger partial charge in [0.2, 0.25) is 0 Å². The number of anilines is 1. The van der Waals surface area contributed by atoms with Crippen LogP contribution in [0.25, 0.3) is 0 Å². The third kappa shape index (κ3) is 3.37. The maximum Gasteiger partial charge on any atom is 0.264 e. The van der Waals surface area contributed by atoms with Gasteiger partial charge in [-0.2, -0.15) is 0 Å². The molecule has 0 radical (unpaired) electrons. The van der Waals surface area contributed by atoms with Gasteiger partial charge in [-0.25, -0.2) is 17.2 Å². The summed E-state index contributed by atoms with van der Waals surface area (Å²) in [5.41, 5.74) is 1.35. The number of hydrogen-bond donors (Lipinski definition) is 2. The van der Waals surface area contributed by atoms with Crippen molar-refractivity contribution < 1.29 is 22.3 Å². The fourth-order valence-electron chi connectivity index (χ4n) is 1.85. The summed E-state index contributed by atoms with van der Waals surface area (Å²) in [4.78, 5) is -0.659. The molecule has 0 aliphatic rings. The first-order valence-corrected chi connectivity index (χ1v) is 7.50. The summed E-state index contributed by atoms with van der Waals surface area (Å²) < 4.78 is 52.9. The number of rotatable bonds is 4. The first-order valence-electron chi connectivity index (χ1n) is 6.02. The predicted octanol–water partition coefficient (Wildman–Crippen LogP) is 2.57. The van der Waals surface area contributed by atoms with Gasteiger partial charge < -0.3 is 5.11 Å². The van der Waals surface area contributed by atoms with E-state index in [0.29, 0.717) is 11.6 Å². The first-order chi connectivity index (χ1) is 9.83. The molecule has 21 heavy (non-hydrogen) atoms. The number of hydrogen-bond acceptors (Lipinski definition) is 3. The van der Waals surface area contributed by atoms with Gasteiger partial charge in [0.15, 0.2) is 0 Å². The Morgan fingerprint density at radius 1 is 1.14 bits per heavy atom.